The van der Waals surface area contributed by atoms with Crippen LogP contribution in [0.3, 0.4) is 0 Å². The fraction of sp³-hybridized carbons (Fsp3) is 0.364. The van der Waals surface area contributed by atoms with Gasteiger partial charge in [0.1, 0.15) is 18.2 Å². The summed E-state index contributed by atoms with van der Waals surface area (Å²) < 4.78 is 27.3. The molecule has 2 aromatic rings. The Labute approximate surface area is 165 Å². The van der Waals surface area contributed by atoms with Crippen molar-refractivity contribution in [2.45, 2.75) is 51.5 Å². The Kier molecular flexibility index (Phi) is 3.26. The fourth-order valence-electron chi connectivity index (χ4n) is 5.19. The first-order chi connectivity index (χ1) is 14.0. The summed E-state index contributed by atoms with van der Waals surface area (Å²) in [5.41, 5.74) is 5.65. The second-order valence-corrected chi connectivity index (χ2v) is 8.09. The summed E-state index contributed by atoms with van der Waals surface area (Å²) in [7, 11) is 0. The number of aliphatic hydroxyl groups is 1. The molecule has 0 fully saturated rings. The number of halogens is 1. The maximum absolute atomic E-state index is 14.5. The van der Waals surface area contributed by atoms with Crippen LogP contribution in [0.2, 0.25) is 0 Å². The van der Waals surface area contributed by atoms with Gasteiger partial charge in [0.15, 0.2) is 12.2 Å². The van der Waals surface area contributed by atoms with Gasteiger partial charge in [0.05, 0.1) is 17.8 Å². The Morgan fingerprint density at radius 3 is 2.86 bits per heavy atom. The summed E-state index contributed by atoms with van der Waals surface area (Å²) >= 11 is 0. The van der Waals surface area contributed by atoms with Crippen LogP contribution in [0.25, 0.3) is 5.57 Å². The van der Waals surface area contributed by atoms with E-state index in [1.165, 1.54) is 6.07 Å². The third kappa shape index (κ3) is 2.08. The van der Waals surface area contributed by atoms with Crippen molar-refractivity contribution < 1.29 is 23.8 Å². The van der Waals surface area contributed by atoms with Crippen LogP contribution >= 0.6 is 0 Å². The number of fused-ring (bicyclic) bond motifs is 4. The van der Waals surface area contributed by atoms with Gasteiger partial charge in [-0.3, -0.25) is 4.79 Å². The average molecular weight is 395 g/mol. The molecular formula is C22H18FNO5. The summed E-state index contributed by atoms with van der Waals surface area (Å²) in [6, 6.07) is 3.10. The third-order valence-electron chi connectivity index (χ3n) is 6.66. The minimum Gasteiger partial charge on any atom is -0.479 e. The third-order valence-corrected chi connectivity index (χ3v) is 6.66. The molecule has 0 saturated carbocycles. The molecule has 7 heteroatoms. The van der Waals surface area contributed by atoms with Crippen molar-refractivity contribution >= 4 is 11.5 Å². The van der Waals surface area contributed by atoms with Crippen LogP contribution in [0.1, 0.15) is 58.6 Å². The largest absolute Gasteiger partial charge is 0.479 e. The second-order valence-electron chi connectivity index (χ2n) is 8.09. The second kappa shape index (κ2) is 5.57. The standard InChI is InChI=1S/C22H18FNO5/c1-9-10-3-2-4-11-13-7-24-16(20(13)29-17(18(10)11)6-15(9)23)5-12-14(21(24)26)8-28-22(27)19(12)25/h5-6,19-20,25H,2-4,7-8H2,1H3/t19-,20?/m0/s1. The molecule has 29 heavy (non-hydrogen) atoms. The first-order valence-electron chi connectivity index (χ1n) is 9.78. The Bertz CT molecular complexity index is 1220. The number of carbonyl (C=O) groups excluding carboxylic acids is 1. The van der Waals surface area contributed by atoms with Gasteiger partial charge in [0.2, 0.25) is 0 Å². The monoisotopic (exact) mass is 395 g/mol. The highest BCUT2D eigenvalue weighted by molar-refractivity contribution is 5.81. The normalized spacial score (nSPS) is 23.6. The van der Waals surface area contributed by atoms with Crippen LogP contribution in [0.5, 0.6) is 5.75 Å². The van der Waals surface area contributed by atoms with E-state index in [9.17, 15) is 19.1 Å². The number of hydrogen-bond acceptors (Lipinski definition) is 5. The number of ether oxygens (including phenoxy) is 2. The van der Waals surface area contributed by atoms with Crippen molar-refractivity contribution in [2.24, 2.45) is 0 Å². The van der Waals surface area contributed by atoms with Crippen molar-refractivity contribution in [1.29, 1.82) is 0 Å². The maximum atomic E-state index is 14.5. The van der Waals surface area contributed by atoms with Gasteiger partial charge in [-0.15, -0.1) is 0 Å². The van der Waals surface area contributed by atoms with Crippen molar-refractivity contribution in [2.75, 3.05) is 0 Å². The molecule has 0 amide bonds. The Morgan fingerprint density at radius 2 is 2.03 bits per heavy atom. The number of rotatable bonds is 0. The van der Waals surface area contributed by atoms with Gasteiger partial charge in [0.25, 0.3) is 5.56 Å². The maximum Gasteiger partial charge on any atom is 0.340 e. The van der Waals surface area contributed by atoms with E-state index in [1.807, 2.05) is 0 Å². The molecular weight excluding hydrogens is 377 g/mol. The lowest BCUT2D eigenvalue weighted by molar-refractivity contribution is -0.157. The van der Waals surface area contributed by atoms with Crippen LogP contribution in [-0.2, 0) is 29.1 Å². The molecule has 1 N–H and O–H groups in total. The Morgan fingerprint density at radius 1 is 1.21 bits per heavy atom. The lowest BCUT2D eigenvalue weighted by Gasteiger charge is -2.32. The van der Waals surface area contributed by atoms with E-state index >= 15 is 0 Å². The number of nitrogens with zero attached hydrogens (tertiary/aromatic N) is 1. The average Bonchev–Trinajstić information content (AvgIpc) is 3.08. The molecule has 0 spiro atoms. The van der Waals surface area contributed by atoms with Crippen LogP contribution in [-0.4, -0.2) is 15.6 Å². The van der Waals surface area contributed by atoms with Gasteiger partial charge in [-0.25, -0.2) is 9.18 Å². The smallest absolute Gasteiger partial charge is 0.340 e. The number of benzene rings is 1. The lowest BCUT2D eigenvalue weighted by Crippen LogP contribution is -2.33. The molecule has 0 saturated heterocycles. The molecule has 0 bridgehead atoms. The van der Waals surface area contributed by atoms with Gasteiger partial charge in [0, 0.05) is 17.2 Å². The summed E-state index contributed by atoms with van der Waals surface area (Å²) in [5.74, 6) is -0.546. The van der Waals surface area contributed by atoms with Crippen molar-refractivity contribution in [1.82, 2.24) is 4.57 Å². The first kappa shape index (κ1) is 17.0. The molecule has 4 aliphatic rings. The van der Waals surface area contributed by atoms with Gasteiger partial charge in [-0.2, -0.15) is 0 Å². The topological polar surface area (TPSA) is 77.8 Å². The van der Waals surface area contributed by atoms with Gasteiger partial charge in [-0.1, -0.05) is 0 Å². The van der Waals surface area contributed by atoms with Gasteiger partial charge in [-0.05, 0) is 54.5 Å². The Hall–Kier alpha value is -2.93. The number of pyridine rings is 1. The van der Waals surface area contributed by atoms with E-state index in [2.05, 4.69) is 0 Å². The highest BCUT2D eigenvalue weighted by Crippen LogP contribution is 2.51. The van der Waals surface area contributed by atoms with Gasteiger partial charge >= 0.3 is 5.97 Å². The summed E-state index contributed by atoms with van der Waals surface area (Å²) in [6.45, 7) is 2.04. The van der Waals surface area contributed by atoms with E-state index in [1.54, 1.807) is 17.6 Å². The highest BCUT2D eigenvalue weighted by atomic mass is 19.1. The van der Waals surface area contributed by atoms with Crippen LogP contribution in [0, 0.1) is 12.7 Å². The number of hydrogen-bond donors (Lipinski definition) is 1. The molecule has 148 valence electrons. The predicted molar refractivity (Wildman–Crippen MR) is 99.8 cm³/mol. The lowest BCUT2D eigenvalue weighted by atomic mass is 9.79. The number of allylic oxidation sites excluding steroid dienone is 1. The minimum absolute atomic E-state index is 0.142. The molecule has 0 radical (unpaired) electrons. The number of esters is 1. The molecule has 3 aliphatic heterocycles. The Balaban J connectivity index is 1.59. The molecule has 1 aromatic heterocycles. The zero-order valence-electron chi connectivity index (χ0n) is 15.8. The number of aliphatic hydroxyl groups excluding tert-OH is 1. The molecule has 6 rings (SSSR count). The molecule has 1 aliphatic carbocycles. The van der Waals surface area contributed by atoms with Crippen LogP contribution in [0.4, 0.5) is 4.39 Å². The molecule has 6 nitrogen and oxygen atoms in total. The van der Waals surface area contributed by atoms with Crippen LogP contribution < -0.4 is 10.3 Å². The van der Waals surface area contributed by atoms with E-state index < -0.39 is 18.2 Å². The fourth-order valence-corrected chi connectivity index (χ4v) is 5.19. The summed E-state index contributed by atoms with van der Waals surface area (Å²) in [4.78, 5) is 24.8. The molecule has 2 atom stereocenters. The number of aromatic nitrogens is 1. The zero-order chi connectivity index (χ0) is 20.0. The quantitative estimate of drug-likeness (QED) is 0.694. The van der Waals surface area contributed by atoms with Crippen molar-refractivity contribution in [3.8, 4) is 5.75 Å². The predicted octanol–water partition coefficient (Wildman–Crippen LogP) is 2.62. The van der Waals surface area contributed by atoms with E-state index in [0.717, 1.165) is 41.5 Å². The molecule has 4 heterocycles. The molecule has 1 unspecified atom stereocenters. The highest BCUT2D eigenvalue weighted by Gasteiger charge is 2.42. The van der Waals surface area contributed by atoms with Crippen LogP contribution in [0.15, 0.2) is 22.5 Å². The molecule has 1 aromatic carbocycles. The number of cyclic esters (lactones) is 1. The number of carbonyl (C=O) groups is 1. The van der Waals surface area contributed by atoms with E-state index in [4.69, 9.17) is 9.47 Å². The van der Waals surface area contributed by atoms with E-state index in [-0.39, 0.29) is 23.5 Å². The van der Waals surface area contributed by atoms with Crippen molar-refractivity contribution in [3.63, 3.8) is 0 Å². The SMILES string of the molecule is Cc1c(F)cc2c3c1CCCC3=C1Cn3c(cc4c(c3=O)COC(=O)[C@H]4O)C1O2. The van der Waals surface area contributed by atoms with E-state index in [0.29, 0.717) is 29.1 Å². The zero-order valence-corrected chi connectivity index (χ0v) is 15.8. The minimum atomic E-state index is -1.48. The van der Waals surface area contributed by atoms with Gasteiger partial charge < -0.3 is 19.1 Å². The summed E-state index contributed by atoms with van der Waals surface area (Å²) in [6.07, 6.45) is 0.585. The van der Waals surface area contributed by atoms with Crippen molar-refractivity contribution in [3.05, 3.63) is 67.4 Å². The summed E-state index contributed by atoms with van der Waals surface area (Å²) in [5, 5.41) is 10.2. The first-order valence-corrected chi connectivity index (χ1v) is 9.78.